The van der Waals surface area contributed by atoms with Crippen molar-refractivity contribution in [3.05, 3.63) is 47.9 Å². The topological polar surface area (TPSA) is 120 Å². The quantitative estimate of drug-likeness (QED) is 0.804. The van der Waals surface area contributed by atoms with Crippen molar-refractivity contribution in [2.45, 2.75) is 17.4 Å². The summed E-state index contributed by atoms with van der Waals surface area (Å²) in [4.78, 5) is 7.96. The van der Waals surface area contributed by atoms with Crippen LogP contribution in [0.25, 0.3) is 0 Å². The van der Waals surface area contributed by atoms with Crippen LogP contribution >= 0.6 is 0 Å². The second-order valence-corrected chi connectivity index (χ2v) is 7.29. The highest BCUT2D eigenvalue weighted by Gasteiger charge is 2.34. The molecular formula is C16H13N5O3S. The first-order chi connectivity index (χ1) is 12.0. The maximum atomic E-state index is 12.7. The highest BCUT2D eigenvalue weighted by molar-refractivity contribution is 7.89. The fourth-order valence-electron chi connectivity index (χ4n) is 2.51. The molecule has 0 spiro atoms. The van der Waals surface area contributed by atoms with Crippen molar-refractivity contribution in [3.8, 4) is 18.0 Å². The third-order valence-electron chi connectivity index (χ3n) is 3.78. The minimum absolute atomic E-state index is 0.0656. The van der Waals surface area contributed by atoms with Gasteiger partial charge in [-0.15, -0.1) is 0 Å². The largest absolute Gasteiger partial charge is 0.471 e. The van der Waals surface area contributed by atoms with Gasteiger partial charge in [-0.25, -0.2) is 18.4 Å². The van der Waals surface area contributed by atoms with Gasteiger partial charge in [0, 0.05) is 18.9 Å². The molecule has 1 aromatic carbocycles. The number of nitriles is 2. The number of hydrogen-bond donors (Lipinski definition) is 0. The van der Waals surface area contributed by atoms with E-state index in [1.165, 1.54) is 41.0 Å². The van der Waals surface area contributed by atoms with Crippen molar-refractivity contribution >= 4 is 10.0 Å². The molecule has 1 fully saturated rings. The molecule has 1 saturated heterocycles. The summed E-state index contributed by atoms with van der Waals surface area (Å²) < 4.78 is 32.3. The van der Waals surface area contributed by atoms with Crippen LogP contribution in [0.3, 0.4) is 0 Å². The summed E-state index contributed by atoms with van der Waals surface area (Å²) in [7, 11) is -3.66. The summed E-state index contributed by atoms with van der Waals surface area (Å²) in [6.07, 6.45) is 2.88. The number of ether oxygens (including phenoxy) is 1. The monoisotopic (exact) mass is 355 g/mol. The normalized spacial score (nSPS) is 17.6. The fraction of sp³-hybridized carbons (Fsp3) is 0.250. The highest BCUT2D eigenvalue weighted by atomic mass is 32.2. The van der Waals surface area contributed by atoms with E-state index in [9.17, 15) is 8.42 Å². The number of nitrogens with zero attached hydrogens (tertiary/aromatic N) is 5. The highest BCUT2D eigenvalue weighted by Crippen LogP contribution is 2.24. The lowest BCUT2D eigenvalue weighted by Crippen LogP contribution is -2.31. The van der Waals surface area contributed by atoms with Crippen LogP contribution in [0.2, 0.25) is 0 Å². The van der Waals surface area contributed by atoms with Crippen molar-refractivity contribution < 1.29 is 13.2 Å². The van der Waals surface area contributed by atoms with Crippen LogP contribution in [0, 0.1) is 22.7 Å². The molecule has 9 heteroatoms. The summed E-state index contributed by atoms with van der Waals surface area (Å²) >= 11 is 0. The average molecular weight is 355 g/mol. The summed E-state index contributed by atoms with van der Waals surface area (Å²) in [6, 6.07) is 9.61. The van der Waals surface area contributed by atoms with Crippen molar-refractivity contribution in [2.24, 2.45) is 0 Å². The van der Waals surface area contributed by atoms with Crippen LogP contribution in [-0.4, -0.2) is 41.9 Å². The van der Waals surface area contributed by atoms with E-state index in [-0.39, 0.29) is 23.0 Å². The van der Waals surface area contributed by atoms with E-state index >= 15 is 0 Å². The van der Waals surface area contributed by atoms with E-state index < -0.39 is 16.1 Å². The van der Waals surface area contributed by atoms with Gasteiger partial charge in [0.05, 0.1) is 23.1 Å². The van der Waals surface area contributed by atoms with Crippen LogP contribution < -0.4 is 4.74 Å². The zero-order valence-corrected chi connectivity index (χ0v) is 13.8. The SMILES string of the molecule is N#Cc1ccc(S(=O)(=O)N2CCC(Oc3nccnc3C#N)C2)cc1. The van der Waals surface area contributed by atoms with Crippen LogP contribution in [0.15, 0.2) is 41.6 Å². The lowest BCUT2D eigenvalue weighted by Gasteiger charge is -2.17. The molecule has 126 valence electrons. The minimum Gasteiger partial charge on any atom is -0.471 e. The molecule has 0 N–H and O–H groups in total. The molecule has 2 heterocycles. The second kappa shape index (κ2) is 6.85. The first-order valence-electron chi connectivity index (χ1n) is 7.42. The second-order valence-electron chi connectivity index (χ2n) is 5.35. The van der Waals surface area contributed by atoms with Crippen molar-refractivity contribution in [1.82, 2.24) is 14.3 Å². The molecule has 1 aromatic heterocycles. The Bertz CT molecular complexity index is 961. The lowest BCUT2D eigenvalue weighted by atomic mass is 10.2. The molecule has 8 nitrogen and oxygen atoms in total. The molecule has 0 bridgehead atoms. The number of aromatic nitrogens is 2. The smallest absolute Gasteiger partial charge is 0.251 e. The Morgan fingerprint density at radius 2 is 1.84 bits per heavy atom. The predicted octanol–water partition coefficient (Wildman–Crippen LogP) is 1.06. The average Bonchev–Trinajstić information content (AvgIpc) is 3.11. The van der Waals surface area contributed by atoms with Crippen LogP contribution in [0.1, 0.15) is 17.7 Å². The Labute approximate surface area is 145 Å². The third kappa shape index (κ3) is 3.43. The number of sulfonamides is 1. The number of hydrogen-bond acceptors (Lipinski definition) is 7. The van der Waals surface area contributed by atoms with E-state index in [2.05, 4.69) is 9.97 Å². The van der Waals surface area contributed by atoms with Gasteiger partial charge in [-0.3, -0.25) is 0 Å². The van der Waals surface area contributed by atoms with Crippen LogP contribution in [0.5, 0.6) is 5.88 Å². The maximum absolute atomic E-state index is 12.7. The number of rotatable bonds is 4. The van der Waals surface area contributed by atoms with Gasteiger partial charge in [0.1, 0.15) is 12.2 Å². The maximum Gasteiger partial charge on any atom is 0.251 e. The Hall–Kier alpha value is -3.01. The summed E-state index contributed by atoms with van der Waals surface area (Å²) in [5, 5.41) is 17.8. The van der Waals surface area contributed by atoms with Gasteiger partial charge < -0.3 is 4.74 Å². The molecule has 1 aliphatic rings. The standard InChI is InChI=1S/C16H13N5O3S/c17-9-12-1-3-14(4-2-12)25(22,23)21-8-5-13(11-21)24-16-15(10-18)19-6-7-20-16/h1-4,6-7,13H,5,8,11H2. The van der Waals surface area contributed by atoms with Crippen molar-refractivity contribution in [2.75, 3.05) is 13.1 Å². The molecule has 2 aromatic rings. The predicted molar refractivity (Wildman–Crippen MR) is 85.7 cm³/mol. The molecule has 1 atom stereocenters. The Kier molecular flexibility index (Phi) is 4.61. The molecule has 0 aliphatic carbocycles. The van der Waals surface area contributed by atoms with Gasteiger partial charge in [-0.1, -0.05) is 0 Å². The van der Waals surface area contributed by atoms with Gasteiger partial charge in [0.25, 0.3) is 5.88 Å². The van der Waals surface area contributed by atoms with Gasteiger partial charge in [0.15, 0.2) is 0 Å². The van der Waals surface area contributed by atoms with E-state index in [1.54, 1.807) is 0 Å². The Morgan fingerprint density at radius 3 is 2.52 bits per heavy atom. The minimum atomic E-state index is -3.66. The molecule has 1 unspecified atom stereocenters. The van der Waals surface area contributed by atoms with E-state index in [0.717, 1.165) is 0 Å². The van der Waals surface area contributed by atoms with Crippen LogP contribution in [-0.2, 0) is 10.0 Å². The Balaban J connectivity index is 1.73. The first kappa shape index (κ1) is 16.8. The van der Waals surface area contributed by atoms with Crippen molar-refractivity contribution in [3.63, 3.8) is 0 Å². The summed E-state index contributed by atoms with van der Waals surface area (Å²) in [5.74, 6) is 0.104. The van der Waals surface area contributed by atoms with Crippen LogP contribution in [0.4, 0.5) is 0 Å². The van der Waals surface area contributed by atoms with Gasteiger partial charge >= 0.3 is 0 Å². The van der Waals surface area contributed by atoms with Gasteiger partial charge in [-0.05, 0) is 30.7 Å². The molecule has 25 heavy (non-hydrogen) atoms. The molecular weight excluding hydrogens is 342 g/mol. The van der Waals surface area contributed by atoms with Gasteiger partial charge in [-0.2, -0.15) is 14.8 Å². The molecule has 1 aliphatic heterocycles. The molecule has 0 amide bonds. The lowest BCUT2D eigenvalue weighted by molar-refractivity contribution is 0.205. The van der Waals surface area contributed by atoms with Gasteiger partial charge in [0.2, 0.25) is 15.7 Å². The first-order valence-corrected chi connectivity index (χ1v) is 8.86. The summed E-state index contributed by atoms with van der Waals surface area (Å²) in [6.45, 7) is 0.457. The van der Waals surface area contributed by atoms with Crippen molar-refractivity contribution in [1.29, 1.82) is 10.5 Å². The molecule has 0 radical (unpaired) electrons. The van der Waals surface area contributed by atoms with E-state index in [0.29, 0.717) is 18.5 Å². The zero-order chi connectivity index (χ0) is 17.9. The fourth-order valence-corrected chi connectivity index (χ4v) is 4.00. The third-order valence-corrected chi connectivity index (χ3v) is 5.66. The molecule has 3 rings (SSSR count). The zero-order valence-electron chi connectivity index (χ0n) is 13.0. The van der Waals surface area contributed by atoms with E-state index in [4.69, 9.17) is 15.3 Å². The summed E-state index contributed by atoms with van der Waals surface area (Å²) in [5.41, 5.74) is 0.462. The molecule has 0 saturated carbocycles. The van der Waals surface area contributed by atoms with E-state index in [1.807, 2.05) is 12.1 Å². The number of benzene rings is 1. The Morgan fingerprint density at radius 1 is 1.12 bits per heavy atom.